The molecule has 0 atom stereocenters. The van der Waals surface area contributed by atoms with E-state index in [2.05, 4.69) is 4.98 Å². The molecule has 23 heavy (non-hydrogen) atoms. The van der Waals surface area contributed by atoms with Crippen molar-refractivity contribution in [3.8, 4) is 0 Å². The molecule has 9 nitrogen and oxygen atoms in total. The Bertz CT molecular complexity index is 635. The molecule has 2 aliphatic heterocycles. The predicted molar refractivity (Wildman–Crippen MR) is 82.1 cm³/mol. The van der Waals surface area contributed by atoms with Crippen LogP contribution >= 0.6 is 11.6 Å². The lowest BCUT2D eigenvalue weighted by molar-refractivity contribution is -0.383. The molecular formula is C13H15ClN4O5. The summed E-state index contributed by atoms with van der Waals surface area (Å²) in [7, 11) is 0. The molecule has 0 spiro atoms. The van der Waals surface area contributed by atoms with E-state index in [1.807, 2.05) is 4.90 Å². The molecule has 1 amide bonds. The second-order valence-electron chi connectivity index (χ2n) is 5.09. The average Bonchev–Trinajstić information content (AvgIpc) is 2.55. The summed E-state index contributed by atoms with van der Waals surface area (Å²) in [4.78, 5) is 30.3. The van der Waals surface area contributed by atoms with Crippen molar-refractivity contribution in [3.63, 3.8) is 0 Å². The third-order valence-electron chi connectivity index (χ3n) is 3.70. The number of carbonyl (C=O) groups excluding carboxylic acids is 1. The van der Waals surface area contributed by atoms with Crippen LogP contribution in [0.5, 0.6) is 0 Å². The largest absolute Gasteiger partial charge is 0.378 e. The number of nitrogens with zero attached hydrogens (tertiary/aromatic N) is 4. The first kappa shape index (κ1) is 15.9. The quantitative estimate of drug-likeness (QED) is 0.456. The van der Waals surface area contributed by atoms with Crippen LogP contribution in [-0.2, 0) is 14.3 Å². The lowest BCUT2D eigenvalue weighted by Crippen LogP contribution is -2.43. The van der Waals surface area contributed by atoms with Gasteiger partial charge in [-0.1, -0.05) is 11.6 Å². The van der Waals surface area contributed by atoms with Crippen molar-refractivity contribution in [1.82, 2.24) is 4.98 Å². The van der Waals surface area contributed by atoms with Gasteiger partial charge in [0, 0.05) is 19.2 Å². The average molecular weight is 343 g/mol. The van der Waals surface area contributed by atoms with Gasteiger partial charge in [-0.3, -0.25) is 19.8 Å². The maximum Gasteiger partial charge on any atom is 0.335 e. The van der Waals surface area contributed by atoms with E-state index in [9.17, 15) is 14.9 Å². The van der Waals surface area contributed by atoms with Crippen molar-refractivity contribution in [2.24, 2.45) is 0 Å². The number of halogens is 1. The molecule has 0 aliphatic carbocycles. The van der Waals surface area contributed by atoms with Crippen LogP contribution in [0.4, 0.5) is 17.2 Å². The van der Waals surface area contributed by atoms with E-state index in [4.69, 9.17) is 21.1 Å². The van der Waals surface area contributed by atoms with Gasteiger partial charge in [0.05, 0.1) is 31.3 Å². The summed E-state index contributed by atoms with van der Waals surface area (Å²) in [5.41, 5.74) is 0.138. The molecule has 1 aromatic heterocycles. The van der Waals surface area contributed by atoms with Gasteiger partial charge in [0.1, 0.15) is 17.4 Å². The highest BCUT2D eigenvalue weighted by atomic mass is 35.5. The standard InChI is InChI=1S/C13H15ClN4O5/c14-10-7-9(16-1-4-22-5-2-16)12(18(20)21)13(15-10)17-3-6-23-8-11(17)19/h7H,1-6,8H2. The lowest BCUT2D eigenvalue weighted by Gasteiger charge is -2.30. The molecule has 0 bridgehead atoms. The van der Waals surface area contributed by atoms with Gasteiger partial charge in [-0.2, -0.15) is 0 Å². The minimum Gasteiger partial charge on any atom is -0.378 e. The fourth-order valence-corrected chi connectivity index (χ4v) is 2.82. The highest BCUT2D eigenvalue weighted by molar-refractivity contribution is 6.30. The summed E-state index contributed by atoms with van der Waals surface area (Å²) in [6.45, 7) is 2.35. The number of carbonyl (C=O) groups is 1. The van der Waals surface area contributed by atoms with Crippen LogP contribution in [0.3, 0.4) is 0 Å². The molecule has 3 rings (SSSR count). The van der Waals surface area contributed by atoms with E-state index in [1.165, 1.54) is 11.0 Å². The summed E-state index contributed by atoms with van der Waals surface area (Å²) >= 11 is 6.05. The smallest absolute Gasteiger partial charge is 0.335 e. The fraction of sp³-hybridized carbons (Fsp3) is 0.538. The summed E-state index contributed by atoms with van der Waals surface area (Å²) in [6, 6.07) is 1.46. The van der Waals surface area contributed by atoms with Gasteiger partial charge in [-0.05, 0) is 0 Å². The minimum absolute atomic E-state index is 0.0303. The second kappa shape index (κ2) is 6.65. The van der Waals surface area contributed by atoms with E-state index in [1.54, 1.807) is 0 Å². The summed E-state index contributed by atoms with van der Waals surface area (Å²) in [5.74, 6) is -0.403. The van der Waals surface area contributed by atoms with E-state index >= 15 is 0 Å². The Kier molecular flexibility index (Phi) is 4.60. The normalized spacial score (nSPS) is 19.1. The van der Waals surface area contributed by atoms with Crippen molar-refractivity contribution in [1.29, 1.82) is 0 Å². The van der Waals surface area contributed by atoms with E-state index in [0.29, 0.717) is 38.6 Å². The Morgan fingerprint density at radius 1 is 1.22 bits per heavy atom. The lowest BCUT2D eigenvalue weighted by atomic mass is 10.2. The maximum atomic E-state index is 12.0. The first-order valence-electron chi connectivity index (χ1n) is 7.13. The third-order valence-corrected chi connectivity index (χ3v) is 3.89. The molecule has 0 aromatic carbocycles. The van der Waals surface area contributed by atoms with Gasteiger partial charge < -0.3 is 14.4 Å². The van der Waals surface area contributed by atoms with Crippen LogP contribution in [0.2, 0.25) is 5.15 Å². The number of aromatic nitrogens is 1. The number of morpholine rings is 2. The molecule has 0 N–H and O–H groups in total. The molecule has 0 saturated carbocycles. The summed E-state index contributed by atoms with van der Waals surface area (Å²) in [6.07, 6.45) is 0. The zero-order chi connectivity index (χ0) is 16.4. The van der Waals surface area contributed by atoms with Crippen molar-refractivity contribution in [3.05, 3.63) is 21.3 Å². The number of hydrogen-bond donors (Lipinski definition) is 0. The Hall–Kier alpha value is -1.97. The number of rotatable bonds is 3. The molecular weight excluding hydrogens is 328 g/mol. The number of anilines is 2. The summed E-state index contributed by atoms with van der Waals surface area (Å²) in [5, 5.41) is 11.7. The molecule has 2 saturated heterocycles. The molecule has 1 aromatic rings. The first-order valence-corrected chi connectivity index (χ1v) is 7.51. The van der Waals surface area contributed by atoms with Gasteiger partial charge >= 0.3 is 5.69 Å². The van der Waals surface area contributed by atoms with Crippen LogP contribution in [0, 0.1) is 10.1 Å². The van der Waals surface area contributed by atoms with Crippen LogP contribution < -0.4 is 9.80 Å². The van der Waals surface area contributed by atoms with Crippen molar-refractivity contribution < 1.29 is 19.2 Å². The van der Waals surface area contributed by atoms with Gasteiger partial charge in [0.15, 0.2) is 0 Å². The fourth-order valence-electron chi connectivity index (χ4n) is 2.63. The van der Waals surface area contributed by atoms with Crippen LogP contribution in [-0.4, -0.2) is 61.9 Å². The molecule has 0 radical (unpaired) electrons. The Balaban J connectivity index is 2.09. The van der Waals surface area contributed by atoms with Gasteiger partial charge in [-0.15, -0.1) is 0 Å². The molecule has 0 unspecified atom stereocenters. The van der Waals surface area contributed by atoms with E-state index in [0.717, 1.165) is 0 Å². The van der Waals surface area contributed by atoms with Crippen LogP contribution in [0.1, 0.15) is 0 Å². The first-order chi connectivity index (χ1) is 11.1. The molecule has 2 fully saturated rings. The topological polar surface area (TPSA) is 98.0 Å². The molecule has 3 heterocycles. The predicted octanol–water partition coefficient (Wildman–Crippen LogP) is 0.843. The zero-order valence-electron chi connectivity index (χ0n) is 12.2. The van der Waals surface area contributed by atoms with Crippen molar-refractivity contribution in [2.45, 2.75) is 0 Å². The number of ether oxygens (including phenoxy) is 2. The maximum absolute atomic E-state index is 12.0. The Morgan fingerprint density at radius 2 is 1.91 bits per heavy atom. The van der Waals surface area contributed by atoms with Crippen LogP contribution in [0.25, 0.3) is 0 Å². The minimum atomic E-state index is -0.522. The molecule has 124 valence electrons. The van der Waals surface area contributed by atoms with Gasteiger partial charge in [0.25, 0.3) is 5.91 Å². The third kappa shape index (κ3) is 3.21. The Labute approximate surface area is 136 Å². The van der Waals surface area contributed by atoms with Gasteiger partial charge in [0.2, 0.25) is 5.82 Å². The number of pyridine rings is 1. The molecule has 2 aliphatic rings. The number of amides is 1. The number of hydrogen-bond acceptors (Lipinski definition) is 7. The monoisotopic (exact) mass is 342 g/mol. The zero-order valence-corrected chi connectivity index (χ0v) is 13.0. The van der Waals surface area contributed by atoms with Crippen molar-refractivity contribution in [2.75, 3.05) is 55.9 Å². The van der Waals surface area contributed by atoms with E-state index in [-0.39, 0.29) is 35.7 Å². The Morgan fingerprint density at radius 3 is 2.57 bits per heavy atom. The highest BCUT2D eigenvalue weighted by Crippen LogP contribution is 2.39. The second-order valence-corrected chi connectivity index (χ2v) is 5.48. The number of nitro groups is 1. The SMILES string of the molecule is O=C1COCCN1c1nc(Cl)cc(N2CCOCC2)c1[N+](=O)[O-]. The van der Waals surface area contributed by atoms with E-state index < -0.39 is 4.92 Å². The van der Waals surface area contributed by atoms with Crippen molar-refractivity contribution >= 4 is 34.7 Å². The highest BCUT2D eigenvalue weighted by Gasteiger charge is 2.34. The summed E-state index contributed by atoms with van der Waals surface area (Å²) < 4.78 is 10.3. The van der Waals surface area contributed by atoms with Crippen LogP contribution in [0.15, 0.2) is 6.07 Å². The van der Waals surface area contributed by atoms with Gasteiger partial charge in [-0.25, -0.2) is 4.98 Å². The molecule has 10 heteroatoms.